The van der Waals surface area contributed by atoms with Crippen LogP contribution in [0.3, 0.4) is 0 Å². The summed E-state index contributed by atoms with van der Waals surface area (Å²) in [5, 5.41) is 10.2. The van der Waals surface area contributed by atoms with Crippen molar-refractivity contribution >= 4 is 28.8 Å². The second kappa shape index (κ2) is 13.5. The SMILES string of the molecule is Nc1ncnc2c1ncn2Cc1cc(-c2ccc(OCOC(=O)OC3CCCC3)c(F)n2)ncc1N1CCC[C@](N)([C@H](O)C(F)F)C1. The molecule has 0 amide bonds. The minimum absolute atomic E-state index is 0.0541. The molecule has 5 N–H and O–H groups in total. The summed E-state index contributed by atoms with van der Waals surface area (Å²) in [5.41, 5.74) is 13.3. The van der Waals surface area contributed by atoms with Gasteiger partial charge < -0.3 is 40.3 Å². The molecular weight excluding hydrogens is 623 g/mol. The van der Waals surface area contributed by atoms with Gasteiger partial charge in [-0.2, -0.15) is 4.39 Å². The third-order valence-electron chi connectivity index (χ3n) is 8.49. The number of hydrogen-bond donors (Lipinski definition) is 3. The number of imidazole rings is 1. The Hall–Kier alpha value is -4.77. The zero-order valence-corrected chi connectivity index (χ0v) is 25.3. The van der Waals surface area contributed by atoms with Crippen LogP contribution >= 0.6 is 0 Å². The first kappa shape index (κ1) is 32.2. The zero-order valence-electron chi connectivity index (χ0n) is 25.3. The molecule has 1 saturated carbocycles. The lowest BCUT2D eigenvalue weighted by atomic mass is 9.84. The summed E-state index contributed by atoms with van der Waals surface area (Å²) in [6.45, 7) is 0.0347. The molecule has 0 radical (unpaired) electrons. The van der Waals surface area contributed by atoms with Gasteiger partial charge in [0.15, 0.2) is 17.2 Å². The Balaban J connectivity index is 1.25. The Morgan fingerprint density at radius 1 is 1.13 bits per heavy atom. The molecule has 4 aromatic heterocycles. The number of nitrogen functional groups attached to an aromatic ring is 1. The van der Waals surface area contributed by atoms with Crippen LogP contribution in [-0.2, 0) is 16.0 Å². The number of hydrogen-bond acceptors (Lipinski definition) is 13. The quantitative estimate of drug-likeness (QED) is 0.128. The molecule has 2 aliphatic rings. The molecule has 1 saturated heterocycles. The summed E-state index contributed by atoms with van der Waals surface area (Å²) in [6, 6.07) is 4.51. The molecule has 0 aromatic carbocycles. The minimum atomic E-state index is -3.01. The lowest BCUT2D eigenvalue weighted by Gasteiger charge is -2.44. The Bertz CT molecular complexity index is 1740. The number of aromatic nitrogens is 6. The molecule has 14 nitrogen and oxygen atoms in total. The third-order valence-corrected chi connectivity index (χ3v) is 8.49. The number of alkyl halides is 2. The van der Waals surface area contributed by atoms with Crippen molar-refractivity contribution in [2.75, 3.05) is 30.5 Å². The summed E-state index contributed by atoms with van der Waals surface area (Å²) in [5.74, 6) is -1.00. The number of anilines is 2. The van der Waals surface area contributed by atoms with Gasteiger partial charge in [-0.05, 0) is 62.3 Å². The second-order valence-electron chi connectivity index (χ2n) is 11.7. The second-order valence-corrected chi connectivity index (χ2v) is 11.7. The van der Waals surface area contributed by atoms with E-state index in [0.717, 1.165) is 25.7 Å². The molecule has 0 bridgehead atoms. The van der Waals surface area contributed by atoms with Crippen LogP contribution in [0.15, 0.2) is 37.1 Å². The van der Waals surface area contributed by atoms with Crippen molar-refractivity contribution < 1.29 is 37.3 Å². The first-order valence-corrected chi connectivity index (χ1v) is 15.1. The molecule has 4 aromatic rings. The maximum absolute atomic E-state index is 15.0. The number of nitrogens with zero attached hydrogens (tertiary/aromatic N) is 7. The summed E-state index contributed by atoms with van der Waals surface area (Å²) in [6.07, 6.45) is 2.49. The lowest BCUT2D eigenvalue weighted by Crippen LogP contribution is -2.63. The third kappa shape index (κ3) is 7.00. The molecule has 1 aliphatic carbocycles. The lowest BCUT2D eigenvalue weighted by molar-refractivity contribution is -0.0529. The van der Waals surface area contributed by atoms with Gasteiger partial charge in [0.05, 0.1) is 41.7 Å². The fourth-order valence-corrected chi connectivity index (χ4v) is 6.04. The number of fused-ring (bicyclic) bond motifs is 1. The largest absolute Gasteiger partial charge is 0.511 e. The average molecular weight is 658 g/mol. The molecule has 2 atom stereocenters. The van der Waals surface area contributed by atoms with Crippen molar-refractivity contribution in [2.24, 2.45) is 5.73 Å². The average Bonchev–Trinajstić information content (AvgIpc) is 3.72. The maximum atomic E-state index is 15.0. The fourth-order valence-electron chi connectivity index (χ4n) is 6.04. The number of rotatable bonds is 10. The van der Waals surface area contributed by atoms with E-state index in [1.165, 1.54) is 24.7 Å². The van der Waals surface area contributed by atoms with E-state index in [1.54, 1.807) is 21.9 Å². The highest BCUT2D eigenvalue weighted by Gasteiger charge is 2.43. The maximum Gasteiger partial charge on any atom is 0.511 e. The first-order valence-electron chi connectivity index (χ1n) is 15.1. The van der Waals surface area contributed by atoms with Crippen LogP contribution in [0.4, 0.5) is 29.5 Å². The van der Waals surface area contributed by atoms with Crippen molar-refractivity contribution in [1.82, 2.24) is 29.5 Å². The highest BCUT2D eigenvalue weighted by Crippen LogP contribution is 2.33. The number of ether oxygens (including phenoxy) is 3. The summed E-state index contributed by atoms with van der Waals surface area (Å²) in [4.78, 5) is 34.8. The summed E-state index contributed by atoms with van der Waals surface area (Å²) < 4.78 is 59.1. The van der Waals surface area contributed by atoms with E-state index in [-0.39, 0.29) is 42.9 Å². The number of aliphatic hydroxyl groups is 1. The Labute approximate surface area is 266 Å². The predicted molar refractivity (Wildman–Crippen MR) is 162 cm³/mol. The van der Waals surface area contributed by atoms with Crippen molar-refractivity contribution in [1.29, 1.82) is 0 Å². The van der Waals surface area contributed by atoms with Crippen LogP contribution in [0.1, 0.15) is 44.1 Å². The van der Waals surface area contributed by atoms with Crippen LogP contribution in [-0.4, -0.2) is 84.8 Å². The van der Waals surface area contributed by atoms with Crippen LogP contribution in [0.25, 0.3) is 22.6 Å². The van der Waals surface area contributed by atoms with E-state index in [2.05, 4.69) is 24.9 Å². The molecule has 0 spiro atoms. The van der Waals surface area contributed by atoms with Gasteiger partial charge in [0, 0.05) is 13.1 Å². The van der Waals surface area contributed by atoms with Gasteiger partial charge in [0.1, 0.15) is 24.1 Å². The minimum Gasteiger partial charge on any atom is -0.452 e. The molecular formula is C30H34F3N9O5. The van der Waals surface area contributed by atoms with Gasteiger partial charge in [-0.25, -0.2) is 33.5 Å². The molecule has 17 heteroatoms. The standard InChI is InChI=1S/C30H34F3N9O5/c31-25(32)24(43)30(35)8-3-9-41(13-30)21-11-36-20(10-17(21)12-42-15-39-23-27(34)37-14-38-28(23)42)19-6-7-22(26(33)40-19)45-16-46-29(44)47-18-4-1-2-5-18/h6-7,10-11,14-15,18,24-25,43H,1-5,8-9,12-13,16,35H2,(H2,34,37,38)/t24-,30-/m1/s1. The summed E-state index contributed by atoms with van der Waals surface area (Å²) in [7, 11) is 0. The van der Waals surface area contributed by atoms with Crippen molar-refractivity contribution in [3.63, 3.8) is 0 Å². The van der Waals surface area contributed by atoms with Gasteiger partial charge in [0.25, 0.3) is 12.4 Å². The molecule has 6 rings (SSSR count). The van der Waals surface area contributed by atoms with Crippen LogP contribution < -0.4 is 21.1 Å². The number of aliphatic hydroxyl groups excluding tert-OH is 1. The van der Waals surface area contributed by atoms with Gasteiger partial charge in [-0.3, -0.25) is 4.98 Å². The Kier molecular flexibility index (Phi) is 9.26. The van der Waals surface area contributed by atoms with Crippen molar-refractivity contribution in [2.45, 2.75) is 69.2 Å². The van der Waals surface area contributed by atoms with Crippen LogP contribution in [0, 0.1) is 5.95 Å². The van der Waals surface area contributed by atoms with Gasteiger partial charge >= 0.3 is 6.16 Å². The summed E-state index contributed by atoms with van der Waals surface area (Å²) >= 11 is 0. The van der Waals surface area contributed by atoms with Gasteiger partial charge in [-0.1, -0.05) is 0 Å². The normalized spacial score (nSPS) is 19.3. The molecule has 5 heterocycles. The molecule has 250 valence electrons. The smallest absolute Gasteiger partial charge is 0.452 e. The number of halogens is 3. The van der Waals surface area contributed by atoms with Gasteiger partial charge in [0.2, 0.25) is 6.79 Å². The number of nitrogens with two attached hydrogens (primary N) is 2. The van der Waals surface area contributed by atoms with Crippen LogP contribution in [0.5, 0.6) is 5.75 Å². The Morgan fingerprint density at radius 2 is 1.94 bits per heavy atom. The van der Waals surface area contributed by atoms with E-state index in [1.807, 2.05) is 0 Å². The highest BCUT2D eigenvalue weighted by atomic mass is 19.3. The van der Waals surface area contributed by atoms with Gasteiger partial charge in [-0.15, -0.1) is 0 Å². The zero-order chi connectivity index (χ0) is 33.1. The fraction of sp³-hybridized carbons (Fsp3) is 0.467. The van der Waals surface area contributed by atoms with E-state index < -0.39 is 37.0 Å². The number of carbonyl (C=O) groups is 1. The van der Waals surface area contributed by atoms with Crippen molar-refractivity contribution in [3.05, 3.63) is 48.6 Å². The molecule has 1 aliphatic heterocycles. The number of piperidine rings is 1. The topological polar surface area (TPSA) is 190 Å². The van der Waals surface area contributed by atoms with E-state index in [9.17, 15) is 18.7 Å². The highest BCUT2D eigenvalue weighted by molar-refractivity contribution is 5.81. The number of carbonyl (C=O) groups excluding carboxylic acids is 1. The van der Waals surface area contributed by atoms with E-state index in [4.69, 9.17) is 25.7 Å². The predicted octanol–water partition coefficient (Wildman–Crippen LogP) is 3.41. The van der Waals surface area contributed by atoms with Crippen LogP contribution in [0.2, 0.25) is 0 Å². The molecule has 47 heavy (non-hydrogen) atoms. The first-order chi connectivity index (χ1) is 22.6. The van der Waals surface area contributed by atoms with E-state index >= 15 is 4.39 Å². The van der Waals surface area contributed by atoms with Crippen molar-refractivity contribution in [3.8, 4) is 17.1 Å². The monoisotopic (exact) mass is 657 g/mol. The van der Waals surface area contributed by atoms with E-state index in [0.29, 0.717) is 41.1 Å². The Morgan fingerprint density at radius 3 is 2.70 bits per heavy atom. The molecule has 0 unspecified atom stereocenters. The molecule has 2 fully saturated rings. The number of pyridine rings is 2.